The zero-order chi connectivity index (χ0) is 17.0. The molecule has 0 amide bonds. The molecule has 2 aromatic rings. The third-order valence-electron chi connectivity index (χ3n) is 2.90. The second-order valence-corrected chi connectivity index (χ2v) is 5.42. The summed E-state index contributed by atoms with van der Waals surface area (Å²) < 4.78 is 0. The van der Waals surface area contributed by atoms with Crippen LogP contribution in [0, 0.1) is 10.1 Å². The van der Waals surface area contributed by atoms with Crippen molar-refractivity contribution in [2.24, 2.45) is 5.10 Å². The number of nitro benzene ring substituents is 1. The zero-order valence-electron chi connectivity index (χ0n) is 12.4. The molecule has 0 saturated heterocycles. The third kappa shape index (κ3) is 4.36. The summed E-state index contributed by atoms with van der Waals surface area (Å²) in [6.45, 7) is 3.84. The first-order chi connectivity index (χ1) is 10.9. The minimum atomic E-state index is -0.571. The Morgan fingerprint density at radius 3 is 2.83 bits per heavy atom. The molecule has 0 saturated carbocycles. The maximum Gasteiger partial charge on any atom is 0.288 e. The van der Waals surface area contributed by atoms with Crippen molar-refractivity contribution in [3.63, 3.8) is 0 Å². The second-order valence-electron chi connectivity index (χ2n) is 5.01. The van der Waals surface area contributed by atoms with Gasteiger partial charge in [-0.3, -0.25) is 19.9 Å². The third-order valence-corrected chi connectivity index (χ3v) is 3.22. The van der Waals surface area contributed by atoms with Crippen LogP contribution in [-0.4, -0.2) is 21.1 Å². The number of hydrogen-bond acceptors (Lipinski definition) is 6. The number of nitrogens with one attached hydrogen (secondary N) is 2. The van der Waals surface area contributed by atoms with Crippen LogP contribution in [0.3, 0.4) is 0 Å². The molecule has 8 nitrogen and oxygen atoms in total. The van der Waals surface area contributed by atoms with E-state index < -0.39 is 4.92 Å². The second kappa shape index (κ2) is 7.01. The highest BCUT2D eigenvalue weighted by molar-refractivity contribution is 6.32. The first kappa shape index (κ1) is 16.6. The van der Waals surface area contributed by atoms with Gasteiger partial charge in [0.05, 0.1) is 16.8 Å². The quantitative estimate of drug-likeness (QED) is 0.495. The van der Waals surface area contributed by atoms with Gasteiger partial charge in [-0.05, 0) is 12.0 Å². The molecule has 0 unspecified atom stereocenters. The molecule has 0 aliphatic carbocycles. The summed E-state index contributed by atoms with van der Waals surface area (Å²) in [5, 5.41) is 14.8. The molecule has 1 aromatic heterocycles. The van der Waals surface area contributed by atoms with Crippen LogP contribution in [0.1, 0.15) is 31.0 Å². The lowest BCUT2D eigenvalue weighted by Gasteiger charge is -2.05. The topological polar surface area (TPSA) is 113 Å². The molecule has 0 fully saturated rings. The monoisotopic (exact) mass is 335 g/mol. The molecule has 2 N–H and O–H groups in total. The van der Waals surface area contributed by atoms with Gasteiger partial charge >= 0.3 is 0 Å². The number of benzene rings is 1. The van der Waals surface area contributed by atoms with Crippen molar-refractivity contribution in [1.29, 1.82) is 0 Å². The Morgan fingerprint density at radius 2 is 2.17 bits per heavy atom. The lowest BCUT2D eigenvalue weighted by atomic mass is 10.1. The number of rotatable bonds is 5. The van der Waals surface area contributed by atoms with E-state index in [1.165, 1.54) is 24.4 Å². The average molecular weight is 336 g/mol. The average Bonchev–Trinajstić information content (AvgIpc) is 2.48. The van der Waals surface area contributed by atoms with Crippen molar-refractivity contribution in [2.45, 2.75) is 19.8 Å². The molecule has 0 aliphatic rings. The van der Waals surface area contributed by atoms with E-state index in [1.54, 1.807) is 6.07 Å². The molecule has 0 bridgehead atoms. The normalized spacial score (nSPS) is 11.1. The maximum atomic E-state index is 11.5. The molecule has 9 heteroatoms. The van der Waals surface area contributed by atoms with E-state index in [0.717, 1.165) is 0 Å². The molecule has 2 rings (SSSR count). The van der Waals surface area contributed by atoms with Crippen LogP contribution in [-0.2, 0) is 0 Å². The van der Waals surface area contributed by atoms with Crippen molar-refractivity contribution >= 4 is 29.5 Å². The van der Waals surface area contributed by atoms with Crippen molar-refractivity contribution in [3.8, 4) is 0 Å². The Morgan fingerprint density at radius 1 is 1.43 bits per heavy atom. The fraction of sp³-hybridized carbons (Fsp3) is 0.214. The van der Waals surface area contributed by atoms with Crippen LogP contribution in [0.25, 0.3) is 0 Å². The number of hydrogen-bond donors (Lipinski definition) is 2. The molecule has 1 aromatic carbocycles. The van der Waals surface area contributed by atoms with E-state index in [-0.39, 0.29) is 28.1 Å². The van der Waals surface area contributed by atoms with E-state index in [0.29, 0.717) is 11.3 Å². The highest BCUT2D eigenvalue weighted by Crippen LogP contribution is 2.24. The highest BCUT2D eigenvalue weighted by atomic mass is 35.5. The van der Waals surface area contributed by atoms with Gasteiger partial charge in [0.1, 0.15) is 5.02 Å². The van der Waals surface area contributed by atoms with Crippen molar-refractivity contribution in [3.05, 3.63) is 61.0 Å². The fourth-order valence-corrected chi connectivity index (χ4v) is 1.93. The summed E-state index contributed by atoms with van der Waals surface area (Å²) in [7, 11) is 0. The number of anilines is 1. The number of halogens is 1. The minimum Gasteiger partial charge on any atom is -0.291 e. The number of H-pyrrole nitrogens is 1. The Labute approximate surface area is 136 Å². The standard InChI is InChI=1S/C14H14ClN5O3/c1-8(2)11-6-13(21)18-14(17-11)19-16-7-9-3-4-10(15)12(5-9)20(22)23/h3-8H,1-2H3,(H2,17,18,19,21)/b16-7-. The van der Waals surface area contributed by atoms with Crippen LogP contribution in [0.5, 0.6) is 0 Å². The molecule has 1 heterocycles. The van der Waals surface area contributed by atoms with E-state index in [2.05, 4.69) is 20.5 Å². The molecule has 0 spiro atoms. The van der Waals surface area contributed by atoms with E-state index in [9.17, 15) is 14.9 Å². The zero-order valence-corrected chi connectivity index (χ0v) is 13.2. The van der Waals surface area contributed by atoms with E-state index in [4.69, 9.17) is 11.6 Å². The van der Waals surface area contributed by atoms with E-state index >= 15 is 0 Å². The number of aromatic nitrogens is 2. The Hall–Kier alpha value is -2.74. The predicted octanol–water partition coefficient (Wildman–Crippen LogP) is 2.90. The lowest BCUT2D eigenvalue weighted by Crippen LogP contribution is -2.12. The SMILES string of the molecule is CC(C)c1cc(=O)[nH]c(N/N=C\c2ccc(Cl)c([N+](=O)[O-])c2)n1. The van der Waals surface area contributed by atoms with Gasteiger partial charge in [0.2, 0.25) is 5.95 Å². The summed E-state index contributed by atoms with van der Waals surface area (Å²) in [5.41, 5.74) is 3.21. The van der Waals surface area contributed by atoms with Crippen LogP contribution in [0.4, 0.5) is 11.6 Å². The van der Waals surface area contributed by atoms with Crippen LogP contribution >= 0.6 is 11.6 Å². The van der Waals surface area contributed by atoms with Crippen LogP contribution in [0.15, 0.2) is 34.2 Å². The molecule has 0 radical (unpaired) electrons. The molecular formula is C14H14ClN5O3. The molecule has 120 valence electrons. The number of nitro groups is 1. The van der Waals surface area contributed by atoms with Gasteiger partial charge in [-0.2, -0.15) is 5.10 Å². The predicted molar refractivity (Wildman–Crippen MR) is 88.3 cm³/mol. The van der Waals surface area contributed by atoms with Gasteiger partial charge in [0.15, 0.2) is 0 Å². The Kier molecular flexibility index (Phi) is 5.07. The van der Waals surface area contributed by atoms with Crippen LogP contribution in [0.2, 0.25) is 5.02 Å². The maximum absolute atomic E-state index is 11.5. The van der Waals surface area contributed by atoms with Crippen molar-refractivity contribution < 1.29 is 4.92 Å². The van der Waals surface area contributed by atoms with Gasteiger partial charge in [-0.25, -0.2) is 10.4 Å². The van der Waals surface area contributed by atoms with Gasteiger partial charge < -0.3 is 0 Å². The molecule has 23 heavy (non-hydrogen) atoms. The van der Waals surface area contributed by atoms with Gasteiger partial charge in [-0.15, -0.1) is 0 Å². The lowest BCUT2D eigenvalue weighted by molar-refractivity contribution is -0.384. The number of aromatic amines is 1. The first-order valence-electron chi connectivity index (χ1n) is 6.71. The summed E-state index contributed by atoms with van der Waals surface area (Å²) in [5.74, 6) is 0.293. The van der Waals surface area contributed by atoms with Crippen LogP contribution < -0.4 is 11.0 Å². The number of hydrazone groups is 1. The van der Waals surface area contributed by atoms with Gasteiger partial charge in [0.25, 0.3) is 11.2 Å². The summed E-state index contributed by atoms with van der Waals surface area (Å²) in [6.07, 6.45) is 1.37. The fourth-order valence-electron chi connectivity index (χ4n) is 1.74. The number of nitrogens with zero attached hydrogens (tertiary/aromatic N) is 3. The Bertz CT molecular complexity index is 816. The summed E-state index contributed by atoms with van der Waals surface area (Å²) >= 11 is 5.73. The molecule has 0 atom stereocenters. The minimum absolute atomic E-state index is 0.0516. The van der Waals surface area contributed by atoms with Gasteiger partial charge in [0, 0.05) is 17.7 Å². The van der Waals surface area contributed by atoms with Crippen molar-refractivity contribution in [1.82, 2.24) is 9.97 Å². The smallest absolute Gasteiger partial charge is 0.288 e. The first-order valence-corrected chi connectivity index (χ1v) is 7.09. The largest absolute Gasteiger partial charge is 0.291 e. The summed E-state index contributed by atoms with van der Waals surface area (Å²) in [6, 6.07) is 5.72. The van der Waals surface area contributed by atoms with Crippen molar-refractivity contribution in [2.75, 3.05) is 5.43 Å². The Balaban J connectivity index is 2.18. The molecule has 0 aliphatic heterocycles. The summed E-state index contributed by atoms with van der Waals surface area (Å²) in [4.78, 5) is 28.5. The highest BCUT2D eigenvalue weighted by Gasteiger charge is 2.11. The molecular weight excluding hydrogens is 322 g/mol. The van der Waals surface area contributed by atoms with E-state index in [1.807, 2.05) is 13.8 Å². The van der Waals surface area contributed by atoms with Gasteiger partial charge in [-0.1, -0.05) is 31.5 Å².